The molecule has 0 aliphatic heterocycles. The summed E-state index contributed by atoms with van der Waals surface area (Å²) in [5, 5.41) is 20.0. The van der Waals surface area contributed by atoms with Gasteiger partial charge in [0.2, 0.25) is 0 Å². The largest absolute Gasteiger partial charge is 0.388 e. The van der Waals surface area contributed by atoms with E-state index in [-0.39, 0.29) is 10.6 Å². The number of thiazole rings is 1. The monoisotopic (exact) mass is 341 g/mol. The molecule has 24 heavy (non-hydrogen) atoms. The predicted molar refractivity (Wildman–Crippen MR) is 95.3 cm³/mol. The van der Waals surface area contributed by atoms with Gasteiger partial charge < -0.3 is 10.6 Å². The van der Waals surface area contributed by atoms with E-state index in [1.807, 2.05) is 17.5 Å². The lowest BCUT2D eigenvalue weighted by Crippen LogP contribution is -2.04. The topological polar surface area (TPSA) is 93.0 Å². The third-order valence-electron chi connectivity index (χ3n) is 3.48. The summed E-state index contributed by atoms with van der Waals surface area (Å²) in [5.41, 5.74) is 3.36. The Morgan fingerprint density at radius 3 is 2.75 bits per heavy atom. The van der Waals surface area contributed by atoms with E-state index < -0.39 is 0 Å². The Morgan fingerprint density at radius 2 is 2.04 bits per heavy atom. The molecule has 0 saturated carbocycles. The highest BCUT2D eigenvalue weighted by Crippen LogP contribution is 2.27. The van der Waals surface area contributed by atoms with Gasteiger partial charge in [-0.1, -0.05) is 0 Å². The van der Waals surface area contributed by atoms with Crippen molar-refractivity contribution >= 4 is 27.8 Å². The van der Waals surface area contributed by atoms with E-state index >= 15 is 0 Å². The van der Waals surface area contributed by atoms with Crippen molar-refractivity contribution in [1.29, 1.82) is 0 Å². The lowest BCUT2D eigenvalue weighted by molar-refractivity contribution is -0.385. The summed E-state index contributed by atoms with van der Waals surface area (Å²) in [6.45, 7) is 0.329. The zero-order valence-corrected chi connectivity index (χ0v) is 13.7. The van der Waals surface area contributed by atoms with Crippen molar-refractivity contribution in [2.45, 2.75) is 6.54 Å². The number of nitrogens with zero attached hydrogens (tertiary/aromatic N) is 3. The van der Waals surface area contributed by atoms with Crippen LogP contribution in [0.25, 0.3) is 11.3 Å². The minimum absolute atomic E-state index is 0.0902. The van der Waals surface area contributed by atoms with E-state index in [9.17, 15) is 10.1 Å². The van der Waals surface area contributed by atoms with Gasteiger partial charge in [-0.05, 0) is 24.3 Å². The van der Waals surface area contributed by atoms with Crippen molar-refractivity contribution in [2.24, 2.45) is 0 Å². The van der Waals surface area contributed by atoms with Crippen molar-refractivity contribution < 1.29 is 4.92 Å². The number of nitro benzene ring substituents is 1. The van der Waals surface area contributed by atoms with Gasteiger partial charge in [0.1, 0.15) is 0 Å². The maximum absolute atomic E-state index is 11.2. The van der Waals surface area contributed by atoms with Gasteiger partial charge in [0.15, 0.2) is 5.13 Å². The van der Waals surface area contributed by atoms with Gasteiger partial charge in [-0.3, -0.25) is 15.1 Å². The first-order chi connectivity index (χ1) is 11.7. The van der Waals surface area contributed by atoms with E-state index in [4.69, 9.17) is 0 Å². The number of nitrogens with one attached hydrogen (secondary N) is 2. The van der Waals surface area contributed by atoms with Crippen LogP contribution in [0.4, 0.5) is 16.5 Å². The highest BCUT2D eigenvalue weighted by molar-refractivity contribution is 7.14. The second-order valence-electron chi connectivity index (χ2n) is 4.98. The maximum Gasteiger partial charge on any atom is 0.274 e. The Morgan fingerprint density at radius 1 is 1.25 bits per heavy atom. The molecule has 0 radical (unpaired) electrons. The van der Waals surface area contributed by atoms with E-state index in [0.29, 0.717) is 17.2 Å². The second-order valence-corrected chi connectivity index (χ2v) is 5.84. The SMILES string of the molecule is CNc1ccc([N+](=O)[O-])c(CNc2nc(-c3ccncc3)cs2)c1. The van der Waals surface area contributed by atoms with Crippen LogP contribution in [0.5, 0.6) is 0 Å². The van der Waals surface area contributed by atoms with Crippen molar-refractivity contribution in [2.75, 3.05) is 17.7 Å². The molecule has 2 N–H and O–H groups in total. The lowest BCUT2D eigenvalue weighted by atomic mass is 10.1. The maximum atomic E-state index is 11.2. The summed E-state index contributed by atoms with van der Waals surface area (Å²) >= 11 is 1.46. The van der Waals surface area contributed by atoms with Gasteiger partial charge in [0.05, 0.1) is 16.2 Å². The molecule has 3 rings (SSSR count). The fourth-order valence-corrected chi connectivity index (χ4v) is 2.96. The molecule has 122 valence electrons. The molecule has 0 spiro atoms. The molecule has 0 amide bonds. The molecule has 8 heteroatoms. The van der Waals surface area contributed by atoms with Crippen LogP contribution in [-0.2, 0) is 6.54 Å². The van der Waals surface area contributed by atoms with Gasteiger partial charge in [-0.25, -0.2) is 4.98 Å². The van der Waals surface area contributed by atoms with Crippen molar-refractivity contribution in [3.63, 3.8) is 0 Å². The van der Waals surface area contributed by atoms with Gasteiger partial charge in [-0.2, -0.15) is 0 Å². The molecular formula is C16H15N5O2S. The minimum Gasteiger partial charge on any atom is -0.388 e. The molecule has 2 aromatic heterocycles. The summed E-state index contributed by atoms with van der Waals surface area (Å²) in [4.78, 5) is 19.3. The van der Waals surface area contributed by atoms with Crippen LogP contribution in [0.1, 0.15) is 5.56 Å². The second kappa shape index (κ2) is 7.05. The van der Waals surface area contributed by atoms with Gasteiger partial charge in [0.25, 0.3) is 5.69 Å². The number of aromatic nitrogens is 2. The third-order valence-corrected chi connectivity index (χ3v) is 4.28. The standard InChI is InChI=1S/C16H15N5O2S/c1-17-13-2-3-15(21(22)23)12(8-13)9-19-16-20-14(10-24-16)11-4-6-18-7-5-11/h2-8,10,17H,9H2,1H3,(H,19,20). The van der Waals surface area contributed by atoms with Crippen LogP contribution in [0, 0.1) is 10.1 Å². The Balaban J connectivity index is 1.77. The Labute approximate surface area is 142 Å². The number of nitro groups is 1. The van der Waals surface area contributed by atoms with Crippen LogP contribution in [0.3, 0.4) is 0 Å². The Hall–Kier alpha value is -3.00. The fourth-order valence-electron chi connectivity index (χ4n) is 2.24. The molecule has 0 atom stereocenters. The molecule has 0 aliphatic rings. The summed E-state index contributed by atoms with van der Waals surface area (Å²) in [7, 11) is 1.78. The number of benzene rings is 1. The average molecular weight is 341 g/mol. The van der Waals surface area contributed by atoms with Crippen LogP contribution < -0.4 is 10.6 Å². The molecule has 0 bridgehead atoms. The summed E-state index contributed by atoms with van der Waals surface area (Å²) in [6, 6.07) is 8.74. The molecule has 0 saturated heterocycles. The van der Waals surface area contributed by atoms with Gasteiger partial charge in [-0.15, -0.1) is 11.3 Å². The number of hydrogen-bond donors (Lipinski definition) is 2. The van der Waals surface area contributed by atoms with E-state index in [2.05, 4.69) is 20.6 Å². The Bertz CT molecular complexity index is 851. The number of pyridine rings is 1. The highest BCUT2D eigenvalue weighted by Gasteiger charge is 2.14. The van der Waals surface area contributed by atoms with E-state index in [1.165, 1.54) is 17.4 Å². The molecule has 2 heterocycles. The third kappa shape index (κ3) is 3.49. The smallest absolute Gasteiger partial charge is 0.274 e. The molecular weight excluding hydrogens is 326 g/mol. The molecule has 0 fully saturated rings. The zero-order valence-electron chi connectivity index (χ0n) is 12.9. The van der Waals surface area contributed by atoms with Crippen LogP contribution >= 0.6 is 11.3 Å². The summed E-state index contributed by atoms with van der Waals surface area (Å²) < 4.78 is 0. The minimum atomic E-state index is -0.374. The van der Waals surface area contributed by atoms with Crippen molar-refractivity contribution in [3.05, 3.63) is 63.8 Å². The molecule has 0 unspecified atom stereocenters. The van der Waals surface area contributed by atoms with Gasteiger partial charge >= 0.3 is 0 Å². The first kappa shape index (κ1) is 15.9. The quantitative estimate of drug-likeness (QED) is 0.524. The van der Waals surface area contributed by atoms with Crippen LogP contribution in [-0.4, -0.2) is 21.9 Å². The van der Waals surface area contributed by atoms with E-state index in [0.717, 1.165) is 16.9 Å². The average Bonchev–Trinajstić information content (AvgIpc) is 3.09. The Kier molecular flexibility index (Phi) is 4.66. The van der Waals surface area contributed by atoms with Crippen LogP contribution in [0.15, 0.2) is 48.1 Å². The molecule has 3 aromatic rings. The van der Waals surface area contributed by atoms with Crippen molar-refractivity contribution in [3.8, 4) is 11.3 Å². The normalized spacial score (nSPS) is 10.4. The first-order valence-corrected chi connectivity index (χ1v) is 8.10. The number of anilines is 2. The lowest BCUT2D eigenvalue weighted by Gasteiger charge is -2.07. The van der Waals surface area contributed by atoms with E-state index in [1.54, 1.807) is 31.6 Å². The van der Waals surface area contributed by atoms with Crippen molar-refractivity contribution in [1.82, 2.24) is 9.97 Å². The van der Waals surface area contributed by atoms with Crippen LogP contribution in [0.2, 0.25) is 0 Å². The fraction of sp³-hybridized carbons (Fsp3) is 0.125. The first-order valence-electron chi connectivity index (χ1n) is 7.22. The molecule has 7 nitrogen and oxygen atoms in total. The number of hydrogen-bond acceptors (Lipinski definition) is 7. The van der Waals surface area contributed by atoms with Gasteiger partial charge in [0, 0.05) is 48.7 Å². The highest BCUT2D eigenvalue weighted by atomic mass is 32.1. The summed E-state index contributed by atoms with van der Waals surface area (Å²) in [6.07, 6.45) is 3.43. The molecule has 0 aliphatic carbocycles. The predicted octanol–water partition coefficient (Wildman–Crippen LogP) is 3.77. The summed E-state index contributed by atoms with van der Waals surface area (Å²) in [5.74, 6) is 0. The zero-order chi connectivity index (χ0) is 16.9. The number of rotatable bonds is 6. The molecule has 1 aromatic carbocycles.